The fraction of sp³-hybridized carbons (Fsp3) is 0.750. The second-order valence-electron chi connectivity index (χ2n) is 7.29. The Kier molecular flexibility index (Phi) is 7.52. The molecular formula is C20H34N6. The smallest absolute Gasteiger partial charge is 0.191 e. The summed E-state index contributed by atoms with van der Waals surface area (Å²) in [6.07, 6.45) is 14.5. The molecule has 0 radical (unpaired) electrons. The minimum absolute atomic E-state index is 0.746. The summed E-state index contributed by atoms with van der Waals surface area (Å²) in [7, 11) is 0. The van der Waals surface area contributed by atoms with Gasteiger partial charge in [0.05, 0.1) is 0 Å². The lowest BCUT2D eigenvalue weighted by molar-refractivity contribution is 0.604. The Morgan fingerprint density at radius 1 is 1.08 bits per heavy atom. The quantitative estimate of drug-likeness (QED) is 0.447. The van der Waals surface area contributed by atoms with Crippen molar-refractivity contribution in [2.24, 2.45) is 4.99 Å². The van der Waals surface area contributed by atoms with Gasteiger partial charge < -0.3 is 15.2 Å². The lowest BCUT2D eigenvalue weighted by Crippen LogP contribution is -2.38. The van der Waals surface area contributed by atoms with Crippen LogP contribution in [0.15, 0.2) is 16.6 Å². The molecule has 0 saturated heterocycles. The van der Waals surface area contributed by atoms with E-state index in [1.807, 2.05) is 0 Å². The van der Waals surface area contributed by atoms with Gasteiger partial charge in [-0.15, -0.1) is 10.2 Å². The van der Waals surface area contributed by atoms with Crippen LogP contribution in [-0.4, -0.2) is 40.4 Å². The second kappa shape index (κ2) is 10.3. The Morgan fingerprint density at radius 2 is 2.00 bits per heavy atom. The molecule has 1 aliphatic carbocycles. The number of allylic oxidation sites excluding steroid dienone is 1. The van der Waals surface area contributed by atoms with E-state index in [0.29, 0.717) is 0 Å². The SMILES string of the molecule is CCNC(=NCCc1nnc2n1CCCCC2)NCCC1=CCCCC1. The predicted molar refractivity (Wildman–Crippen MR) is 106 cm³/mol. The third kappa shape index (κ3) is 5.58. The van der Waals surface area contributed by atoms with Crippen molar-refractivity contribution >= 4 is 5.96 Å². The van der Waals surface area contributed by atoms with E-state index in [1.165, 1.54) is 44.9 Å². The highest BCUT2D eigenvalue weighted by atomic mass is 15.3. The second-order valence-corrected chi connectivity index (χ2v) is 7.29. The largest absolute Gasteiger partial charge is 0.357 e. The number of fused-ring (bicyclic) bond motifs is 1. The van der Waals surface area contributed by atoms with Gasteiger partial charge in [0.2, 0.25) is 0 Å². The minimum atomic E-state index is 0.746. The van der Waals surface area contributed by atoms with Crippen LogP contribution in [0.4, 0.5) is 0 Å². The van der Waals surface area contributed by atoms with Crippen LogP contribution in [0.2, 0.25) is 0 Å². The number of hydrogen-bond donors (Lipinski definition) is 2. The van der Waals surface area contributed by atoms with Gasteiger partial charge in [-0.1, -0.05) is 18.1 Å². The summed E-state index contributed by atoms with van der Waals surface area (Å²) in [5, 5.41) is 15.6. The number of nitrogens with zero attached hydrogens (tertiary/aromatic N) is 4. The molecule has 6 nitrogen and oxygen atoms in total. The van der Waals surface area contributed by atoms with Crippen molar-refractivity contribution < 1.29 is 0 Å². The number of aromatic nitrogens is 3. The topological polar surface area (TPSA) is 67.1 Å². The first-order valence-corrected chi connectivity index (χ1v) is 10.5. The Labute approximate surface area is 157 Å². The first kappa shape index (κ1) is 18.9. The van der Waals surface area contributed by atoms with E-state index in [0.717, 1.165) is 63.0 Å². The molecule has 0 atom stereocenters. The molecule has 0 unspecified atom stereocenters. The molecule has 0 amide bonds. The average molecular weight is 359 g/mol. The number of hydrogen-bond acceptors (Lipinski definition) is 3. The van der Waals surface area contributed by atoms with Gasteiger partial charge in [0.25, 0.3) is 0 Å². The van der Waals surface area contributed by atoms with Crippen LogP contribution >= 0.6 is 0 Å². The highest BCUT2D eigenvalue weighted by molar-refractivity contribution is 5.79. The van der Waals surface area contributed by atoms with Crippen LogP contribution in [0.5, 0.6) is 0 Å². The normalized spacial score (nSPS) is 18.0. The fourth-order valence-electron chi connectivity index (χ4n) is 3.81. The molecule has 1 aromatic rings. The van der Waals surface area contributed by atoms with Crippen molar-refractivity contribution in [2.75, 3.05) is 19.6 Å². The fourth-order valence-corrected chi connectivity index (χ4v) is 3.81. The molecule has 0 fully saturated rings. The summed E-state index contributed by atoms with van der Waals surface area (Å²) in [6, 6.07) is 0. The summed E-state index contributed by atoms with van der Waals surface area (Å²) < 4.78 is 2.32. The number of aliphatic imine (C=N–C) groups is 1. The monoisotopic (exact) mass is 358 g/mol. The maximum Gasteiger partial charge on any atom is 0.191 e. The molecule has 26 heavy (non-hydrogen) atoms. The van der Waals surface area contributed by atoms with Gasteiger partial charge in [-0.3, -0.25) is 4.99 Å². The van der Waals surface area contributed by atoms with Gasteiger partial charge in [-0.25, -0.2) is 0 Å². The van der Waals surface area contributed by atoms with E-state index in [9.17, 15) is 0 Å². The molecule has 0 spiro atoms. The molecule has 1 aliphatic heterocycles. The van der Waals surface area contributed by atoms with E-state index in [1.54, 1.807) is 5.57 Å². The molecule has 6 heteroatoms. The van der Waals surface area contributed by atoms with Crippen molar-refractivity contribution in [1.82, 2.24) is 25.4 Å². The molecule has 0 aromatic carbocycles. The molecule has 2 N–H and O–H groups in total. The molecule has 0 bridgehead atoms. The molecule has 2 aliphatic rings. The van der Waals surface area contributed by atoms with E-state index < -0.39 is 0 Å². The van der Waals surface area contributed by atoms with Gasteiger partial charge >= 0.3 is 0 Å². The zero-order valence-electron chi connectivity index (χ0n) is 16.3. The Balaban J connectivity index is 1.48. The van der Waals surface area contributed by atoms with Crippen LogP contribution in [0.3, 0.4) is 0 Å². The zero-order chi connectivity index (χ0) is 18.0. The predicted octanol–water partition coefficient (Wildman–Crippen LogP) is 2.99. The van der Waals surface area contributed by atoms with Crippen molar-refractivity contribution in [3.8, 4) is 0 Å². The molecule has 0 saturated carbocycles. The Hall–Kier alpha value is -1.85. The third-order valence-electron chi connectivity index (χ3n) is 5.26. The lowest BCUT2D eigenvalue weighted by Gasteiger charge is -2.15. The van der Waals surface area contributed by atoms with Gasteiger partial charge in [-0.2, -0.15) is 0 Å². The van der Waals surface area contributed by atoms with Crippen molar-refractivity contribution in [3.05, 3.63) is 23.3 Å². The van der Waals surface area contributed by atoms with Crippen LogP contribution in [-0.2, 0) is 19.4 Å². The van der Waals surface area contributed by atoms with E-state index in [-0.39, 0.29) is 0 Å². The first-order chi connectivity index (χ1) is 12.9. The van der Waals surface area contributed by atoms with E-state index >= 15 is 0 Å². The summed E-state index contributed by atoms with van der Waals surface area (Å²) in [6.45, 7) is 5.76. The van der Waals surface area contributed by atoms with Gasteiger partial charge in [0, 0.05) is 39.0 Å². The van der Waals surface area contributed by atoms with Gasteiger partial charge in [0.15, 0.2) is 5.96 Å². The summed E-state index contributed by atoms with van der Waals surface area (Å²) in [5.74, 6) is 3.17. The molecule has 3 rings (SSSR count). The third-order valence-corrected chi connectivity index (χ3v) is 5.26. The Morgan fingerprint density at radius 3 is 2.85 bits per heavy atom. The molecule has 144 valence electrons. The molecular weight excluding hydrogens is 324 g/mol. The van der Waals surface area contributed by atoms with Crippen LogP contribution in [0, 0.1) is 0 Å². The number of aryl methyl sites for hydroxylation is 1. The van der Waals surface area contributed by atoms with Crippen molar-refractivity contribution in [2.45, 2.75) is 77.7 Å². The van der Waals surface area contributed by atoms with Crippen LogP contribution in [0.1, 0.15) is 69.9 Å². The number of nitrogens with one attached hydrogen (secondary N) is 2. The highest BCUT2D eigenvalue weighted by Gasteiger charge is 2.14. The van der Waals surface area contributed by atoms with Crippen LogP contribution in [0.25, 0.3) is 0 Å². The summed E-state index contributed by atoms with van der Waals surface area (Å²) in [5.41, 5.74) is 1.60. The van der Waals surface area contributed by atoms with Gasteiger partial charge in [0.1, 0.15) is 11.6 Å². The molecule has 1 aromatic heterocycles. The van der Waals surface area contributed by atoms with Crippen LogP contribution < -0.4 is 10.6 Å². The van der Waals surface area contributed by atoms with E-state index in [2.05, 4.69) is 38.4 Å². The summed E-state index contributed by atoms with van der Waals surface area (Å²) in [4.78, 5) is 4.74. The standard InChI is InChI=1S/C20H34N6/c1-2-21-20(22-14-12-17-9-5-3-6-10-17)23-15-13-19-25-24-18-11-7-4-8-16-26(18)19/h9H,2-8,10-16H2,1H3,(H2,21,22,23). The number of guanidine groups is 1. The number of rotatable bonds is 7. The Bertz CT molecular complexity index is 616. The zero-order valence-corrected chi connectivity index (χ0v) is 16.3. The van der Waals surface area contributed by atoms with E-state index in [4.69, 9.17) is 4.99 Å². The maximum absolute atomic E-state index is 4.74. The first-order valence-electron chi connectivity index (χ1n) is 10.5. The molecule has 2 heterocycles. The van der Waals surface area contributed by atoms with Crippen molar-refractivity contribution in [1.29, 1.82) is 0 Å². The maximum atomic E-state index is 4.74. The average Bonchev–Trinajstić information content (AvgIpc) is 2.89. The lowest BCUT2D eigenvalue weighted by atomic mass is 9.97. The van der Waals surface area contributed by atoms with Crippen molar-refractivity contribution in [3.63, 3.8) is 0 Å². The summed E-state index contributed by atoms with van der Waals surface area (Å²) >= 11 is 0. The highest BCUT2D eigenvalue weighted by Crippen LogP contribution is 2.19. The minimum Gasteiger partial charge on any atom is -0.357 e. The van der Waals surface area contributed by atoms with Gasteiger partial charge in [-0.05, 0) is 51.9 Å².